The van der Waals surface area contributed by atoms with Gasteiger partial charge in [-0.25, -0.2) is 0 Å². The summed E-state index contributed by atoms with van der Waals surface area (Å²) < 4.78 is 45.8. The van der Waals surface area contributed by atoms with Gasteiger partial charge in [0.15, 0.2) is 0 Å². The highest BCUT2D eigenvalue weighted by atomic mass is 19.4. The van der Waals surface area contributed by atoms with Gasteiger partial charge in [0.25, 0.3) is 5.91 Å². The second-order valence-electron chi connectivity index (χ2n) is 6.67. The fourth-order valence-corrected chi connectivity index (χ4v) is 3.11. The monoisotopic (exact) mass is 405 g/mol. The van der Waals surface area contributed by atoms with Crippen molar-refractivity contribution in [2.45, 2.75) is 25.6 Å². The molecular formula is C21H22F3N3O2. The van der Waals surface area contributed by atoms with Crippen LogP contribution >= 0.6 is 0 Å². The molecule has 1 aliphatic rings. The zero-order valence-corrected chi connectivity index (χ0v) is 16.1. The number of carbonyl (C=O) groups excluding carboxylic acids is 1. The molecule has 0 saturated heterocycles. The minimum absolute atomic E-state index is 0.0106. The van der Waals surface area contributed by atoms with Gasteiger partial charge >= 0.3 is 6.18 Å². The number of fused-ring (bicyclic) bond motifs is 1. The number of benzene rings is 2. The Balaban J connectivity index is 1.87. The van der Waals surface area contributed by atoms with Crippen LogP contribution in [0.25, 0.3) is 5.57 Å². The zero-order valence-electron chi connectivity index (χ0n) is 16.1. The molecule has 29 heavy (non-hydrogen) atoms. The first-order valence-electron chi connectivity index (χ1n) is 9.17. The number of rotatable bonds is 7. The number of amides is 1. The highest BCUT2D eigenvalue weighted by Gasteiger charge is 2.34. The molecule has 1 heterocycles. The number of para-hydroxylation sites is 1. The van der Waals surface area contributed by atoms with E-state index in [1.165, 1.54) is 25.4 Å². The van der Waals surface area contributed by atoms with Crippen LogP contribution < -0.4 is 16.0 Å². The summed E-state index contributed by atoms with van der Waals surface area (Å²) in [6.45, 7) is 2.17. The Morgan fingerprint density at radius 2 is 1.97 bits per heavy atom. The van der Waals surface area contributed by atoms with E-state index in [9.17, 15) is 18.0 Å². The van der Waals surface area contributed by atoms with Crippen molar-refractivity contribution >= 4 is 28.5 Å². The molecule has 5 nitrogen and oxygen atoms in total. The first-order valence-corrected chi connectivity index (χ1v) is 9.17. The Kier molecular flexibility index (Phi) is 6.12. The number of carbonyl (C=O) groups is 1. The molecule has 0 saturated carbocycles. The van der Waals surface area contributed by atoms with Crippen molar-refractivity contribution in [2.24, 2.45) is 0 Å². The SMILES string of the molecule is CCC(COC)Nc1ccc(NC=C2C(=O)Nc3ccccc32)cc1C(F)(F)F. The lowest BCUT2D eigenvalue weighted by atomic mass is 10.1. The van der Waals surface area contributed by atoms with E-state index in [-0.39, 0.29) is 23.3 Å². The second-order valence-corrected chi connectivity index (χ2v) is 6.67. The summed E-state index contributed by atoms with van der Waals surface area (Å²) in [6.07, 6.45) is -2.49. The fourth-order valence-electron chi connectivity index (χ4n) is 3.11. The quantitative estimate of drug-likeness (QED) is 0.571. The van der Waals surface area contributed by atoms with Gasteiger partial charge in [-0.1, -0.05) is 25.1 Å². The largest absolute Gasteiger partial charge is 0.418 e. The Morgan fingerprint density at radius 3 is 2.66 bits per heavy atom. The molecule has 0 aromatic heterocycles. The average molecular weight is 405 g/mol. The Morgan fingerprint density at radius 1 is 1.21 bits per heavy atom. The first-order chi connectivity index (χ1) is 13.8. The number of nitrogens with one attached hydrogen (secondary N) is 3. The number of hydrogen-bond donors (Lipinski definition) is 3. The van der Waals surface area contributed by atoms with Gasteiger partial charge in [0, 0.05) is 42.0 Å². The third-order valence-electron chi connectivity index (χ3n) is 4.64. The lowest BCUT2D eigenvalue weighted by Crippen LogP contribution is -2.25. The molecule has 2 aromatic carbocycles. The number of ether oxygens (including phenoxy) is 1. The lowest BCUT2D eigenvalue weighted by molar-refractivity contribution is -0.137. The van der Waals surface area contributed by atoms with Crippen LogP contribution in [0.2, 0.25) is 0 Å². The molecule has 1 atom stereocenters. The molecule has 3 N–H and O–H groups in total. The van der Waals surface area contributed by atoms with E-state index in [2.05, 4.69) is 16.0 Å². The van der Waals surface area contributed by atoms with Gasteiger partial charge in [0.1, 0.15) is 0 Å². The van der Waals surface area contributed by atoms with E-state index in [0.29, 0.717) is 29.9 Å². The van der Waals surface area contributed by atoms with Crippen LogP contribution in [0.1, 0.15) is 24.5 Å². The second kappa shape index (κ2) is 8.57. The summed E-state index contributed by atoms with van der Waals surface area (Å²) in [5.74, 6) is -0.307. The summed E-state index contributed by atoms with van der Waals surface area (Å²) in [5.41, 5.74) is 1.17. The number of halogens is 3. The van der Waals surface area contributed by atoms with E-state index >= 15 is 0 Å². The standard InChI is InChI=1S/C21H22F3N3O2/c1-3-13(12-29-2)26-19-9-8-14(10-17(19)21(22,23)24)25-11-16-15-6-4-5-7-18(15)27-20(16)28/h4-11,13,25-26H,3,12H2,1-2H3,(H,27,28). The maximum Gasteiger partial charge on any atom is 0.418 e. The van der Waals surface area contributed by atoms with Crippen molar-refractivity contribution < 1.29 is 22.7 Å². The van der Waals surface area contributed by atoms with Gasteiger partial charge in [-0.2, -0.15) is 13.2 Å². The molecule has 0 radical (unpaired) electrons. The Hall–Kier alpha value is -3.00. The predicted molar refractivity (Wildman–Crippen MR) is 108 cm³/mol. The van der Waals surface area contributed by atoms with Crippen LogP contribution in [0, 0.1) is 0 Å². The predicted octanol–water partition coefficient (Wildman–Crippen LogP) is 4.95. The number of alkyl halides is 3. The zero-order chi connectivity index (χ0) is 21.0. The van der Waals surface area contributed by atoms with Gasteiger partial charge < -0.3 is 20.7 Å². The highest BCUT2D eigenvalue weighted by Crippen LogP contribution is 2.37. The fraction of sp³-hybridized carbons (Fsp3) is 0.286. The number of hydrogen-bond acceptors (Lipinski definition) is 4. The number of anilines is 3. The van der Waals surface area contributed by atoms with E-state index in [4.69, 9.17) is 4.74 Å². The van der Waals surface area contributed by atoms with Crippen molar-refractivity contribution in [3.8, 4) is 0 Å². The van der Waals surface area contributed by atoms with Crippen molar-refractivity contribution in [3.05, 3.63) is 59.8 Å². The van der Waals surface area contributed by atoms with Crippen LogP contribution in [0.15, 0.2) is 48.7 Å². The summed E-state index contributed by atoms with van der Waals surface area (Å²) in [6, 6.07) is 10.8. The molecule has 154 valence electrons. The maximum absolute atomic E-state index is 13.6. The minimum Gasteiger partial charge on any atom is -0.383 e. The molecule has 0 bridgehead atoms. The molecule has 8 heteroatoms. The normalized spacial score (nSPS) is 15.8. The van der Waals surface area contributed by atoms with Gasteiger partial charge in [-0.3, -0.25) is 4.79 Å². The molecule has 1 unspecified atom stereocenters. The summed E-state index contributed by atoms with van der Waals surface area (Å²) in [4.78, 5) is 12.1. The molecule has 3 rings (SSSR count). The number of methoxy groups -OCH3 is 1. The molecule has 0 spiro atoms. The lowest BCUT2D eigenvalue weighted by Gasteiger charge is -2.21. The van der Waals surface area contributed by atoms with E-state index in [0.717, 1.165) is 6.07 Å². The maximum atomic E-state index is 13.6. The smallest absolute Gasteiger partial charge is 0.383 e. The van der Waals surface area contributed by atoms with Crippen molar-refractivity contribution in [1.82, 2.24) is 0 Å². The first kappa shape index (κ1) is 20.7. The van der Waals surface area contributed by atoms with Crippen LogP contribution in [-0.4, -0.2) is 25.7 Å². The van der Waals surface area contributed by atoms with Gasteiger partial charge in [-0.15, -0.1) is 0 Å². The van der Waals surface area contributed by atoms with Crippen molar-refractivity contribution in [2.75, 3.05) is 29.7 Å². The van der Waals surface area contributed by atoms with Crippen LogP contribution in [0.5, 0.6) is 0 Å². The molecular weight excluding hydrogens is 383 g/mol. The highest BCUT2D eigenvalue weighted by molar-refractivity contribution is 6.31. The van der Waals surface area contributed by atoms with Crippen LogP contribution in [-0.2, 0) is 15.7 Å². The Bertz CT molecular complexity index is 926. The van der Waals surface area contributed by atoms with Crippen molar-refractivity contribution in [1.29, 1.82) is 0 Å². The van der Waals surface area contributed by atoms with E-state index in [1.54, 1.807) is 24.3 Å². The molecule has 1 amide bonds. The summed E-state index contributed by atoms with van der Waals surface area (Å²) in [7, 11) is 1.51. The van der Waals surface area contributed by atoms with Crippen LogP contribution in [0.4, 0.5) is 30.2 Å². The van der Waals surface area contributed by atoms with Crippen LogP contribution in [0.3, 0.4) is 0 Å². The summed E-state index contributed by atoms with van der Waals surface area (Å²) >= 11 is 0. The van der Waals surface area contributed by atoms with E-state index in [1.807, 2.05) is 6.92 Å². The minimum atomic E-state index is -4.53. The topological polar surface area (TPSA) is 62.4 Å². The van der Waals surface area contributed by atoms with Crippen molar-refractivity contribution in [3.63, 3.8) is 0 Å². The van der Waals surface area contributed by atoms with Gasteiger partial charge in [0.05, 0.1) is 17.7 Å². The van der Waals surface area contributed by atoms with Gasteiger partial charge in [-0.05, 0) is 30.7 Å². The Labute approximate surface area is 166 Å². The third-order valence-corrected chi connectivity index (χ3v) is 4.64. The molecule has 0 fully saturated rings. The molecule has 0 aliphatic carbocycles. The summed E-state index contributed by atoms with van der Waals surface area (Å²) in [5, 5.41) is 8.43. The molecule has 1 aliphatic heterocycles. The van der Waals surface area contributed by atoms with E-state index < -0.39 is 11.7 Å². The third kappa shape index (κ3) is 4.71. The van der Waals surface area contributed by atoms with Gasteiger partial charge in [0.2, 0.25) is 0 Å². The average Bonchev–Trinajstić information content (AvgIpc) is 3.01. The molecule has 2 aromatic rings.